The number of hydrogen-bond donors (Lipinski definition) is 1. The molecule has 4 heteroatoms. The Kier molecular flexibility index (Phi) is 4.02. The van der Waals surface area contributed by atoms with E-state index in [2.05, 4.69) is 58.2 Å². The molecule has 1 saturated heterocycles. The summed E-state index contributed by atoms with van der Waals surface area (Å²) in [5.41, 5.74) is 2.34. The van der Waals surface area contributed by atoms with Crippen molar-refractivity contribution in [1.29, 1.82) is 0 Å². The average Bonchev–Trinajstić information content (AvgIpc) is 2.75. The van der Waals surface area contributed by atoms with Crippen LogP contribution in [0.5, 0.6) is 0 Å². The summed E-state index contributed by atoms with van der Waals surface area (Å²) in [6, 6.07) is 10.5. The molecule has 1 aromatic heterocycles. The second kappa shape index (κ2) is 6.09. The Morgan fingerprint density at radius 2 is 2.00 bits per heavy atom. The zero-order valence-electron chi connectivity index (χ0n) is 12.0. The van der Waals surface area contributed by atoms with Crippen molar-refractivity contribution in [1.82, 2.24) is 14.9 Å². The third kappa shape index (κ3) is 2.70. The highest BCUT2D eigenvalue weighted by atomic mass is 15.3. The molecule has 0 atom stereocenters. The molecule has 1 aliphatic rings. The molecule has 106 valence electrons. The van der Waals surface area contributed by atoms with Crippen LogP contribution >= 0.6 is 0 Å². The molecule has 0 bridgehead atoms. The maximum atomic E-state index is 4.83. The van der Waals surface area contributed by atoms with Gasteiger partial charge in [-0.25, -0.2) is 4.98 Å². The van der Waals surface area contributed by atoms with E-state index in [-0.39, 0.29) is 0 Å². The van der Waals surface area contributed by atoms with Gasteiger partial charge in [0.25, 0.3) is 0 Å². The average molecular weight is 270 g/mol. The van der Waals surface area contributed by atoms with Gasteiger partial charge in [0.1, 0.15) is 0 Å². The molecule has 20 heavy (non-hydrogen) atoms. The molecule has 1 fully saturated rings. The van der Waals surface area contributed by atoms with Crippen LogP contribution in [0, 0.1) is 0 Å². The van der Waals surface area contributed by atoms with E-state index in [1.54, 1.807) is 0 Å². The maximum absolute atomic E-state index is 4.83. The van der Waals surface area contributed by atoms with Gasteiger partial charge in [-0.2, -0.15) is 0 Å². The predicted octanol–water partition coefficient (Wildman–Crippen LogP) is 2.23. The maximum Gasteiger partial charge on any atom is 0.210 e. The molecule has 1 N–H and O–H groups in total. The van der Waals surface area contributed by atoms with Gasteiger partial charge in [-0.05, 0) is 31.5 Å². The number of aromatic nitrogens is 2. The van der Waals surface area contributed by atoms with Crippen LogP contribution in [0.4, 0.5) is 5.95 Å². The van der Waals surface area contributed by atoms with Crippen LogP contribution < -0.4 is 10.2 Å². The molecule has 0 spiro atoms. The second-order valence-corrected chi connectivity index (χ2v) is 5.18. The van der Waals surface area contributed by atoms with Crippen molar-refractivity contribution in [2.75, 3.05) is 31.1 Å². The van der Waals surface area contributed by atoms with Crippen molar-refractivity contribution < 1.29 is 0 Å². The minimum Gasteiger partial charge on any atom is -0.341 e. The minimum atomic E-state index is 0.971. The zero-order valence-corrected chi connectivity index (χ0v) is 12.0. The van der Waals surface area contributed by atoms with Gasteiger partial charge < -0.3 is 10.2 Å². The Balaban J connectivity index is 1.98. The summed E-state index contributed by atoms with van der Waals surface area (Å²) >= 11 is 0. The predicted molar refractivity (Wildman–Crippen MR) is 82.6 cm³/mol. The molecule has 0 unspecified atom stereocenters. The summed E-state index contributed by atoms with van der Waals surface area (Å²) in [4.78, 5) is 7.23. The lowest BCUT2D eigenvalue weighted by Crippen LogP contribution is -2.30. The van der Waals surface area contributed by atoms with Crippen LogP contribution in [0.1, 0.15) is 19.0 Å². The first-order valence-electron chi connectivity index (χ1n) is 7.48. The van der Waals surface area contributed by atoms with Gasteiger partial charge in [0.2, 0.25) is 5.95 Å². The van der Waals surface area contributed by atoms with Crippen molar-refractivity contribution in [3.63, 3.8) is 0 Å². The van der Waals surface area contributed by atoms with E-state index in [4.69, 9.17) is 4.98 Å². The molecule has 2 heterocycles. The highest BCUT2D eigenvalue weighted by molar-refractivity contribution is 5.45. The van der Waals surface area contributed by atoms with Crippen LogP contribution in [0.25, 0.3) is 5.69 Å². The topological polar surface area (TPSA) is 33.1 Å². The standard InChI is InChI=1S/C16H22N4/c1-2-14-13-20(15-7-4-3-5-8-15)16(18-14)19-11-6-9-17-10-12-19/h3-5,7-8,13,17H,2,6,9-12H2,1H3. The van der Waals surface area contributed by atoms with Gasteiger partial charge in [0.15, 0.2) is 0 Å². The van der Waals surface area contributed by atoms with E-state index in [0.717, 1.165) is 44.2 Å². The molecule has 0 aliphatic carbocycles. The smallest absolute Gasteiger partial charge is 0.210 e. The number of nitrogens with zero attached hydrogens (tertiary/aromatic N) is 3. The highest BCUT2D eigenvalue weighted by Gasteiger charge is 2.17. The monoisotopic (exact) mass is 270 g/mol. The second-order valence-electron chi connectivity index (χ2n) is 5.18. The molecule has 1 aromatic carbocycles. The molecule has 4 nitrogen and oxygen atoms in total. The number of aryl methyl sites for hydroxylation is 1. The first kappa shape index (κ1) is 13.2. The first-order chi connectivity index (χ1) is 9.88. The number of nitrogens with one attached hydrogen (secondary N) is 1. The zero-order chi connectivity index (χ0) is 13.8. The molecule has 2 aromatic rings. The van der Waals surface area contributed by atoms with Crippen LogP contribution in [0.3, 0.4) is 0 Å². The van der Waals surface area contributed by atoms with E-state index < -0.39 is 0 Å². The summed E-state index contributed by atoms with van der Waals surface area (Å²) in [6.45, 7) is 6.38. The van der Waals surface area contributed by atoms with Gasteiger partial charge in [0, 0.05) is 31.5 Å². The van der Waals surface area contributed by atoms with Gasteiger partial charge in [0.05, 0.1) is 5.69 Å². The Morgan fingerprint density at radius 3 is 2.80 bits per heavy atom. The van der Waals surface area contributed by atoms with E-state index in [1.165, 1.54) is 12.1 Å². The first-order valence-corrected chi connectivity index (χ1v) is 7.48. The van der Waals surface area contributed by atoms with E-state index >= 15 is 0 Å². The van der Waals surface area contributed by atoms with Gasteiger partial charge >= 0.3 is 0 Å². The quantitative estimate of drug-likeness (QED) is 0.928. The number of rotatable bonds is 3. The van der Waals surface area contributed by atoms with Crippen molar-refractivity contribution >= 4 is 5.95 Å². The number of hydrogen-bond acceptors (Lipinski definition) is 3. The molecule has 0 amide bonds. The third-order valence-electron chi connectivity index (χ3n) is 3.76. The van der Waals surface area contributed by atoms with E-state index in [0.29, 0.717) is 0 Å². The molecule has 0 radical (unpaired) electrons. The summed E-state index contributed by atoms with van der Waals surface area (Å²) in [5, 5.41) is 3.45. The lowest BCUT2D eigenvalue weighted by atomic mass is 10.3. The third-order valence-corrected chi connectivity index (χ3v) is 3.76. The lowest BCUT2D eigenvalue weighted by molar-refractivity contribution is 0.724. The van der Waals surface area contributed by atoms with Crippen molar-refractivity contribution in [3.8, 4) is 5.69 Å². The Bertz CT molecular complexity index is 539. The summed E-state index contributed by atoms with van der Waals surface area (Å²) in [7, 11) is 0. The van der Waals surface area contributed by atoms with Crippen LogP contribution in [-0.4, -0.2) is 35.7 Å². The summed E-state index contributed by atoms with van der Waals surface area (Å²) in [6.07, 6.45) is 4.31. The lowest BCUT2D eigenvalue weighted by Gasteiger charge is -2.22. The Hall–Kier alpha value is -1.81. The highest BCUT2D eigenvalue weighted by Crippen LogP contribution is 2.21. The Morgan fingerprint density at radius 1 is 1.15 bits per heavy atom. The van der Waals surface area contributed by atoms with E-state index in [1.807, 2.05) is 0 Å². The Labute approximate surface area is 120 Å². The molecule has 3 rings (SSSR count). The number of imidazole rings is 1. The largest absolute Gasteiger partial charge is 0.341 e. The summed E-state index contributed by atoms with van der Waals surface area (Å²) < 4.78 is 2.23. The van der Waals surface area contributed by atoms with E-state index in [9.17, 15) is 0 Å². The van der Waals surface area contributed by atoms with Crippen LogP contribution in [0.15, 0.2) is 36.5 Å². The van der Waals surface area contributed by atoms with Crippen LogP contribution in [-0.2, 0) is 6.42 Å². The van der Waals surface area contributed by atoms with Gasteiger partial charge in [-0.15, -0.1) is 0 Å². The molecular weight excluding hydrogens is 248 g/mol. The van der Waals surface area contributed by atoms with Crippen molar-refractivity contribution in [2.45, 2.75) is 19.8 Å². The fourth-order valence-corrected chi connectivity index (χ4v) is 2.64. The summed E-state index contributed by atoms with van der Waals surface area (Å²) in [5.74, 6) is 1.08. The number of anilines is 1. The van der Waals surface area contributed by atoms with Crippen molar-refractivity contribution in [3.05, 3.63) is 42.2 Å². The molecule has 0 saturated carbocycles. The van der Waals surface area contributed by atoms with Gasteiger partial charge in [-0.3, -0.25) is 4.57 Å². The molecule has 1 aliphatic heterocycles. The minimum absolute atomic E-state index is 0.971. The SMILES string of the molecule is CCc1cn(-c2ccccc2)c(N2CCCNCC2)n1. The van der Waals surface area contributed by atoms with Crippen LogP contribution in [0.2, 0.25) is 0 Å². The van der Waals surface area contributed by atoms with Crippen molar-refractivity contribution in [2.24, 2.45) is 0 Å². The fraction of sp³-hybridized carbons (Fsp3) is 0.438. The molecular formula is C16H22N4. The fourth-order valence-electron chi connectivity index (χ4n) is 2.64. The normalized spacial score (nSPS) is 16.1. The number of benzene rings is 1. The van der Waals surface area contributed by atoms with Gasteiger partial charge in [-0.1, -0.05) is 25.1 Å². The number of para-hydroxylation sites is 1.